The van der Waals surface area contributed by atoms with Crippen molar-refractivity contribution in [3.05, 3.63) is 0 Å². The van der Waals surface area contributed by atoms with Crippen LogP contribution in [0.3, 0.4) is 0 Å². The quantitative estimate of drug-likeness (QED) is 0.0674. The van der Waals surface area contributed by atoms with E-state index in [1.807, 2.05) is 6.92 Å². The van der Waals surface area contributed by atoms with Gasteiger partial charge in [0.2, 0.25) is 11.8 Å². The number of hydrogen-bond acceptors (Lipinski definition) is 10. The molecule has 10 atom stereocenters. The number of unbranched alkanes of at least 4 members (excludes halogenated alkanes) is 5. The minimum atomic E-state index is -1.28. The lowest BCUT2D eigenvalue weighted by molar-refractivity contribution is -0.199. The van der Waals surface area contributed by atoms with E-state index < -0.39 is 54.7 Å². The molecule has 0 aromatic heterocycles. The Kier molecular flexibility index (Phi) is 17.0. The van der Waals surface area contributed by atoms with Gasteiger partial charge in [-0.1, -0.05) is 60.3 Å². The van der Waals surface area contributed by atoms with Crippen molar-refractivity contribution in [2.75, 3.05) is 13.1 Å². The zero-order chi connectivity index (χ0) is 38.8. The number of hydrogen-bond donors (Lipinski definition) is 5. The summed E-state index contributed by atoms with van der Waals surface area (Å²) in [6.07, 6.45) is 7.83. The third-order valence-electron chi connectivity index (χ3n) is 12.4. The fourth-order valence-electron chi connectivity index (χ4n) is 8.67. The molecule has 1 saturated heterocycles. The van der Waals surface area contributed by atoms with E-state index in [0.717, 1.165) is 44.9 Å². The van der Waals surface area contributed by atoms with E-state index in [4.69, 9.17) is 20.8 Å². The Bertz CT molecular complexity index is 1230. The molecule has 1 aliphatic heterocycles. The molecule has 4 fully saturated rings. The third kappa shape index (κ3) is 11.2. The molecule has 13 heteroatoms. The van der Waals surface area contributed by atoms with Crippen molar-refractivity contribution in [3.63, 3.8) is 0 Å². The lowest BCUT2D eigenvalue weighted by Gasteiger charge is -2.64. The maximum Gasteiger partial charge on any atom is 0.461 e. The first kappa shape index (κ1) is 44.2. The van der Waals surface area contributed by atoms with Crippen LogP contribution in [0.15, 0.2) is 0 Å². The fourth-order valence-corrected chi connectivity index (χ4v) is 8.67. The van der Waals surface area contributed by atoms with Crippen LogP contribution in [0.2, 0.25) is 5.82 Å². The maximum absolute atomic E-state index is 13.7. The van der Waals surface area contributed by atoms with Gasteiger partial charge in [0.05, 0.1) is 29.8 Å². The van der Waals surface area contributed by atoms with E-state index in [1.165, 1.54) is 6.92 Å². The molecule has 3 saturated carbocycles. The zero-order valence-corrected chi connectivity index (χ0v) is 33.0. The molecule has 0 spiro atoms. The summed E-state index contributed by atoms with van der Waals surface area (Å²) in [5, 5.41) is 15.9. The van der Waals surface area contributed by atoms with Crippen molar-refractivity contribution in [1.82, 2.24) is 10.6 Å². The molecule has 3 aliphatic carbocycles. The summed E-state index contributed by atoms with van der Waals surface area (Å²) < 4.78 is 13.0. The number of Topliss-reactive ketones (excluding diaryl/α,β-unsaturated/α-hetero) is 3. The van der Waals surface area contributed by atoms with Crippen LogP contribution >= 0.6 is 0 Å². The molecule has 296 valence electrons. The fraction of sp³-hybridized carbons (Fsp3) is 0.872. The number of nitrogens with one attached hydrogen (secondary N) is 2. The highest BCUT2D eigenvalue weighted by molar-refractivity contribution is 6.47. The molecule has 0 unspecified atom stereocenters. The summed E-state index contributed by atoms with van der Waals surface area (Å²) in [5.74, 6) is -2.65. The number of rotatable bonds is 25. The SMILES string of the molecule is CCCCCCCC(=O)C[C@@H](CN)C(=O)N[C@H](C(=O)C[C@@H](C)C(=O)N[C@@H](CCCCN)C(=O)C[C@@H](C)B1O[C@@H]2C[C@@H]3C[C@@H](C3(C)C)[C@]2(C)O1)[C@@H](C)O. The molecule has 4 aliphatic rings. The van der Waals surface area contributed by atoms with Crippen molar-refractivity contribution < 1.29 is 38.4 Å². The molecule has 1 heterocycles. The van der Waals surface area contributed by atoms with Crippen LogP contribution in [0.5, 0.6) is 0 Å². The van der Waals surface area contributed by atoms with Gasteiger partial charge in [-0.3, -0.25) is 24.0 Å². The molecular formula is C39H69BN4O8. The molecule has 7 N–H and O–H groups in total. The normalized spacial score (nSPS) is 26.6. The maximum atomic E-state index is 13.7. The number of amides is 2. The van der Waals surface area contributed by atoms with Gasteiger partial charge in [-0.25, -0.2) is 0 Å². The summed E-state index contributed by atoms with van der Waals surface area (Å²) in [5.41, 5.74) is 11.4. The first-order chi connectivity index (χ1) is 24.5. The van der Waals surface area contributed by atoms with Gasteiger partial charge >= 0.3 is 7.12 Å². The molecule has 2 bridgehead atoms. The predicted molar refractivity (Wildman–Crippen MR) is 202 cm³/mol. The van der Waals surface area contributed by atoms with Gasteiger partial charge < -0.3 is 36.5 Å². The molecular weight excluding hydrogens is 663 g/mol. The van der Waals surface area contributed by atoms with Crippen LogP contribution in [0.1, 0.15) is 138 Å². The summed E-state index contributed by atoms with van der Waals surface area (Å²) in [6, 6.07) is -2.05. The second-order valence-corrected chi connectivity index (χ2v) is 17.0. The first-order valence-corrected chi connectivity index (χ1v) is 20.1. The Labute approximate surface area is 312 Å². The summed E-state index contributed by atoms with van der Waals surface area (Å²) >= 11 is 0. The Hall–Kier alpha value is -2.19. The molecule has 52 heavy (non-hydrogen) atoms. The second kappa shape index (κ2) is 19.9. The van der Waals surface area contributed by atoms with Crippen LogP contribution in [-0.4, -0.2) is 84.4 Å². The number of aliphatic hydroxyl groups is 1. The zero-order valence-electron chi connectivity index (χ0n) is 33.0. The van der Waals surface area contributed by atoms with Gasteiger partial charge in [-0.15, -0.1) is 0 Å². The van der Waals surface area contributed by atoms with E-state index in [0.29, 0.717) is 44.1 Å². The van der Waals surface area contributed by atoms with E-state index >= 15 is 0 Å². The Balaban J connectivity index is 1.55. The second-order valence-electron chi connectivity index (χ2n) is 17.0. The highest BCUT2D eigenvalue weighted by Crippen LogP contribution is 2.66. The van der Waals surface area contributed by atoms with E-state index in [9.17, 15) is 29.1 Å². The monoisotopic (exact) mass is 733 g/mol. The smallest absolute Gasteiger partial charge is 0.405 e. The van der Waals surface area contributed by atoms with Crippen molar-refractivity contribution >= 4 is 36.3 Å². The largest absolute Gasteiger partial charge is 0.461 e. The molecule has 0 aromatic carbocycles. The highest BCUT2D eigenvalue weighted by Gasteiger charge is 2.68. The molecule has 4 rings (SSSR count). The third-order valence-corrected chi connectivity index (χ3v) is 12.4. The topological polar surface area (TPSA) is 200 Å². The van der Waals surface area contributed by atoms with Gasteiger partial charge in [0.25, 0.3) is 0 Å². The average Bonchev–Trinajstić information content (AvgIpc) is 3.46. The summed E-state index contributed by atoms with van der Waals surface area (Å²) in [4.78, 5) is 66.1. The average molecular weight is 733 g/mol. The van der Waals surface area contributed by atoms with Crippen LogP contribution < -0.4 is 22.1 Å². The van der Waals surface area contributed by atoms with Crippen LogP contribution in [0.25, 0.3) is 0 Å². The Morgan fingerprint density at radius 2 is 1.56 bits per heavy atom. The first-order valence-electron chi connectivity index (χ1n) is 20.1. The van der Waals surface area contributed by atoms with Crippen LogP contribution in [0.4, 0.5) is 0 Å². The van der Waals surface area contributed by atoms with E-state index in [-0.39, 0.29) is 60.3 Å². The molecule has 0 radical (unpaired) electrons. The number of carbonyl (C=O) groups excluding carboxylic acids is 5. The number of aliphatic hydroxyl groups excluding tert-OH is 1. The van der Waals surface area contributed by atoms with Crippen molar-refractivity contribution in [3.8, 4) is 0 Å². The Morgan fingerprint density at radius 1 is 0.865 bits per heavy atom. The number of ketones is 3. The number of nitrogens with two attached hydrogens (primary N) is 2. The minimum absolute atomic E-state index is 0.00862. The van der Waals surface area contributed by atoms with E-state index in [2.05, 4.69) is 38.3 Å². The Morgan fingerprint density at radius 3 is 2.17 bits per heavy atom. The highest BCUT2D eigenvalue weighted by atomic mass is 16.7. The van der Waals surface area contributed by atoms with E-state index in [1.54, 1.807) is 6.92 Å². The van der Waals surface area contributed by atoms with Gasteiger partial charge in [-0.05, 0) is 82.0 Å². The van der Waals surface area contributed by atoms with Crippen molar-refractivity contribution in [2.45, 2.75) is 174 Å². The van der Waals surface area contributed by atoms with Crippen LogP contribution in [0, 0.1) is 29.1 Å². The summed E-state index contributed by atoms with van der Waals surface area (Å²) in [7, 11) is -0.508. The van der Waals surface area contributed by atoms with Gasteiger partial charge in [0.15, 0.2) is 11.6 Å². The van der Waals surface area contributed by atoms with Gasteiger partial charge in [-0.2, -0.15) is 0 Å². The number of carbonyl (C=O) groups is 5. The standard InChI is InChI=1S/C39H69BN4O8/c1-8-9-10-11-12-15-29(46)20-27(23-42)37(50)44-35(26(4)45)32(48)18-24(2)36(49)43-30(16-13-14-17-41)31(47)19-25(3)40-51-34-22-28-21-33(38(28,5)6)39(34,7)52-40/h24-28,30,33-35,45H,8-23,41-42H2,1-7H3,(H,43,49)(H,44,50)/t24-,25-,26-,27+,28+,30+,33+,34-,35+,39+/m1/s1. The van der Waals surface area contributed by atoms with Gasteiger partial charge in [0, 0.05) is 38.1 Å². The minimum Gasteiger partial charge on any atom is -0.405 e. The van der Waals surface area contributed by atoms with Crippen molar-refractivity contribution in [2.24, 2.45) is 40.6 Å². The molecule has 2 amide bonds. The van der Waals surface area contributed by atoms with Gasteiger partial charge in [0.1, 0.15) is 11.8 Å². The van der Waals surface area contributed by atoms with Crippen LogP contribution in [-0.2, 0) is 33.3 Å². The summed E-state index contributed by atoms with van der Waals surface area (Å²) in [6.45, 7) is 14.2. The predicted octanol–water partition coefficient (Wildman–Crippen LogP) is 4.03. The lowest BCUT2D eigenvalue weighted by atomic mass is 9.43. The van der Waals surface area contributed by atoms with Crippen molar-refractivity contribution in [1.29, 1.82) is 0 Å². The molecule has 12 nitrogen and oxygen atoms in total. The molecule has 0 aromatic rings. The lowest BCUT2D eigenvalue weighted by Crippen LogP contribution is -2.65.